The van der Waals surface area contributed by atoms with Crippen LogP contribution in [0.25, 0.3) is 0 Å². The number of rotatable bonds is 9. The Morgan fingerprint density at radius 2 is 2.00 bits per heavy atom. The molecule has 0 aromatic rings. The number of hydrogen-bond acceptors (Lipinski definition) is 3. The summed E-state index contributed by atoms with van der Waals surface area (Å²) in [5, 5.41) is 3.73. The van der Waals surface area contributed by atoms with Crippen LogP contribution in [-0.2, 0) is 4.74 Å². The average molecular weight is 270 g/mol. The molecule has 2 unspecified atom stereocenters. The summed E-state index contributed by atoms with van der Waals surface area (Å²) in [6.45, 7) is 14.3. The lowest BCUT2D eigenvalue weighted by Crippen LogP contribution is -2.57. The summed E-state index contributed by atoms with van der Waals surface area (Å²) in [6, 6.07) is 1.37. The lowest BCUT2D eigenvalue weighted by atomic mass is 9.98. The van der Waals surface area contributed by atoms with Crippen LogP contribution in [0.15, 0.2) is 0 Å². The number of ether oxygens (including phenoxy) is 1. The van der Waals surface area contributed by atoms with E-state index < -0.39 is 0 Å². The molecule has 1 heterocycles. The predicted octanol–water partition coefficient (Wildman–Crippen LogP) is 2.90. The molecule has 1 aliphatic rings. The second-order valence-corrected chi connectivity index (χ2v) is 6.28. The first kappa shape index (κ1) is 16.9. The standard InChI is InChI=1S/C16H34N2O/c1-5-7-16-12-17-15(11-14(3)4)13-18(16)8-10-19-9-6-2/h14-17H,5-13H2,1-4H3. The van der Waals surface area contributed by atoms with Gasteiger partial charge < -0.3 is 10.1 Å². The van der Waals surface area contributed by atoms with Crippen LogP contribution in [0.3, 0.4) is 0 Å². The van der Waals surface area contributed by atoms with Crippen molar-refractivity contribution in [3.63, 3.8) is 0 Å². The quantitative estimate of drug-likeness (QED) is 0.652. The lowest BCUT2D eigenvalue weighted by molar-refractivity contribution is 0.0597. The molecule has 19 heavy (non-hydrogen) atoms. The van der Waals surface area contributed by atoms with Crippen molar-refractivity contribution in [3.8, 4) is 0 Å². The van der Waals surface area contributed by atoms with E-state index in [1.165, 1.54) is 25.8 Å². The number of nitrogens with zero attached hydrogens (tertiary/aromatic N) is 1. The first-order valence-electron chi connectivity index (χ1n) is 8.22. The van der Waals surface area contributed by atoms with Gasteiger partial charge in [0, 0.05) is 38.3 Å². The number of hydrogen-bond donors (Lipinski definition) is 1. The van der Waals surface area contributed by atoms with Gasteiger partial charge in [-0.3, -0.25) is 4.90 Å². The van der Waals surface area contributed by atoms with Gasteiger partial charge in [0.05, 0.1) is 6.61 Å². The first-order valence-corrected chi connectivity index (χ1v) is 8.22. The summed E-state index contributed by atoms with van der Waals surface area (Å²) >= 11 is 0. The molecule has 2 atom stereocenters. The van der Waals surface area contributed by atoms with E-state index in [0.29, 0.717) is 12.1 Å². The molecular formula is C16H34N2O. The Hall–Kier alpha value is -0.120. The summed E-state index contributed by atoms with van der Waals surface area (Å²) in [6.07, 6.45) is 4.98. The van der Waals surface area contributed by atoms with Crippen molar-refractivity contribution in [1.82, 2.24) is 10.2 Å². The van der Waals surface area contributed by atoms with Crippen LogP contribution in [0, 0.1) is 5.92 Å². The summed E-state index contributed by atoms with van der Waals surface area (Å²) in [5.41, 5.74) is 0. The Labute approximate surface area is 120 Å². The fourth-order valence-corrected chi connectivity index (χ4v) is 2.98. The maximum atomic E-state index is 5.67. The van der Waals surface area contributed by atoms with Crippen LogP contribution in [-0.4, -0.2) is 49.8 Å². The summed E-state index contributed by atoms with van der Waals surface area (Å²) in [7, 11) is 0. The topological polar surface area (TPSA) is 24.5 Å². The fraction of sp³-hybridized carbons (Fsp3) is 1.00. The van der Waals surface area contributed by atoms with Crippen LogP contribution < -0.4 is 5.32 Å². The largest absolute Gasteiger partial charge is 0.380 e. The van der Waals surface area contributed by atoms with E-state index >= 15 is 0 Å². The molecule has 0 aromatic heterocycles. The highest BCUT2D eigenvalue weighted by Crippen LogP contribution is 2.16. The normalized spacial score (nSPS) is 25.1. The third kappa shape index (κ3) is 6.73. The number of nitrogens with one attached hydrogen (secondary N) is 1. The highest BCUT2D eigenvalue weighted by molar-refractivity contribution is 4.86. The van der Waals surface area contributed by atoms with Crippen LogP contribution in [0.2, 0.25) is 0 Å². The molecule has 114 valence electrons. The molecule has 1 aliphatic heterocycles. The van der Waals surface area contributed by atoms with E-state index in [9.17, 15) is 0 Å². The van der Waals surface area contributed by atoms with Crippen LogP contribution in [0.5, 0.6) is 0 Å². The molecule has 0 aliphatic carbocycles. The zero-order chi connectivity index (χ0) is 14.1. The molecule has 1 saturated heterocycles. The van der Waals surface area contributed by atoms with Crippen LogP contribution in [0.4, 0.5) is 0 Å². The third-order valence-corrected chi connectivity index (χ3v) is 3.86. The maximum absolute atomic E-state index is 5.67. The molecule has 0 saturated carbocycles. The van der Waals surface area contributed by atoms with Gasteiger partial charge >= 0.3 is 0 Å². The van der Waals surface area contributed by atoms with Crippen molar-refractivity contribution in [3.05, 3.63) is 0 Å². The maximum Gasteiger partial charge on any atom is 0.0593 e. The van der Waals surface area contributed by atoms with Gasteiger partial charge in [0.2, 0.25) is 0 Å². The average Bonchev–Trinajstić information content (AvgIpc) is 2.37. The van der Waals surface area contributed by atoms with Gasteiger partial charge in [0.15, 0.2) is 0 Å². The number of piperazine rings is 1. The minimum Gasteiger partial charge on any atom is -0.380 e. The molecule has 3 nitrogen and oxygen atoms in total. The Morgan fingerprint density at radius 1 is 1.21 bits per heavy atom. The third-order valence-electron chi connectivity index (χ3n) is 3.86. The highest BCUT2D eigenvalue weighted by atomic mass is 16.5. The monoisotopic (exact) mass is 270 g/mol. The van der Waals surface area contributed by atoms with E-state index in [1.54, 1.807) is 0 Å². The van der Waals surface area contributed by atoms with Gasteiger partial charge in [0.25, 0.3) is 0 Å². The Bertz CT molecular complexity index is 221. The van der Waals surface area contributed by atoms with Crippen molar-refractivity contribution in [2.45, 2.75) is 65.5 Å². The zero-order valence-electron chi connectivity index (χ0n) is 13.5. The smallest absolute Gasteiger partial charge is 0.0593 e. The molecule has 3 heteroatoms. The molecule has 0 radical (unpaired) electrons. The van der Waals surface area contributed by atoms with Crippen molar-refractivity contribution >= 4 is 0 Å². The van der Waals surface area contributed by atoms with E-state index in [2.05, 4.69) is 37.9 Å². The van der Waals surface area contributed by atoms with Gasteiger partial charge in [-0.05, 0) is 25.2 Å². The van der Waals surface area contributed by atoms with E-state index in [0.717, 1.165) is 38.6 Å². The highest BCUT2D eigenvalue weighted by Gasteiger charge is 2.27. The minimum absolute atomic E-state index is 0.666. The molecule has 1 rings (SSSR count). The molecule has 0 spiro atoms. The molecule has 1 fully saturated rings. The predicted molar refractivity (Wildman–Crippen MR) is 82.6 cm³/mol. The SMILES string of the molecule is CCCOCCN1CC(CC(C)C)NCC1CCC. The van der Waals surface area contributed by atoms with Crippen LogP contribution >= 0.6 is 0 Å². The minimum atomic E-state index is 0.666. The molecular weight excluding hydrogens is 236 g/mol. The van der Waals surface area contributed by atoms with Crippen molar-refractivity contribution in [2.24, 2.45) is 5.92 Å². The molecule has 0 aromatic carbocycles. The fourth-order valence-electron chi connectivity index (χ4n) is 2.98. The van der Waals surface area contributed by atoms with Gasteiger partial charge in [-0.15, -0.1) is 0 Å². The summed E-state index contributed by atoms with van der Waals surface area (Å²) in [4.78, 5) is 2.66. The van der Waals surface area contributed by atoms with Gasteiger partial charge in [-0.1, -0.05) is 34.1 Å². The Balaban J connectivity index is 2.38. The second kappa shape index (κ2) is 9.73. The van der Waals surface area contributed by atoms with Gasteiger partial charge in [-0.2, -0.15) is 0 Å². The Kier molecular flexibility index (Phi) is 8.67. The van der Waals surface area contributed by atoms with Crippen LogP contribution in [0.1, 0.15) is 53.4 Å². The summed E-state index contributed by atoms with van der Waals surface area (Å²) in [5.74, 6) is 0.776. The van der Waals surface area contributed by atoms with E-state index in [1.807, 2.05) is 0 Å². The van der Waals surface area contributed by atoms with E-state index in [-0.39, 0.29) is 0 Å². The second-order valence-electron chi connectivity index (χ2n) is 6.28. The Morgan fingerprint density at radius 3 is 2.63 bits per heavy atom. The van der Waals surface area contributed by atoms with Gasteiger partial charge in [0.1, 0.15) is 0 Å². The van der Waals surface area contributed by atoms with E-state index in [4.69, 9.17) is 4.74 Å². The molecule has 0 bridgehead atoms. The molecule has 0 amide bonds. The first-order chi connectivity index (χ1) is 9.17. The van der Waals surface area contributed by atoms with Gasteiger partial charge in [-0.25, -0.2) is 0 Å². The zero-order valence-corrected chi connectivity index (χ0v) is 13.5. The van der Waals surface area contributed by atoms with Crippen molar-refractivity contribution in [2.75, 3.05) is 32.8 Å². The lowest BCUT2D eigenvalue weighted by Gasteiger charge is -2.41. The molecule has 1 N–H and O–H groups in total. The van der Waals surface area contributed by atoms with Crippen molar-refractivity contribution < 1.29 is 4.74 Å². The summed E-state index contributed by atoms with van der Waals surface area (Å²) < 4.78 is 5.67. The van der Waals surface area contributed by atoms with Crippen molar-refractivity contribution in [1.29, 1.82) is 0 Å².